The predicted octanol–water partition coefficient (Wildman–Crippen LogP) is 2.09. The van der Waals surface area contributed by atoms with Crippen LogP contribution in [0.15, 0.2) is 16.0 Å². The van der Waals surface area contributed by atoms with E-state index in [4.69, 9.17) is 9.51 Å². The van der Waals surface area contributed by atoms with Gasteiger partial charge in [0.2, 0.25) is 5.89 Å². The minimum Gasteiger partial charge on any atom is -0.337 e. The number of fused-ring (bicyclic) bond motifs is 1. The Bertz CT molecular complexity index is 626. The van der Waals surface area contributed by atoms with Gasteiger partial charge in [0.05, 0.1) is 6.04 Å². The molecule has 2 unspecified atom stereocenters. The Hall–Kier alpha value is -0.890. The van der Waals surface area contributed by atoms with E-state index in [1.807, 2.05) is 23.1 Å². The molecule has 0 bridgehead atoms. The van der Waals surface area contributed by atoms with Crippen molar-refractivity contribution in [2.75, 3.05) is 31.6 Å². The lowest BCUT2D eigenvalue weighted by molar-refractivity contribution is 0.255. The van der Waals surface area contributed by atoms with Crippen LogP contribution in [-0.2, 0) is 6.42 Å². The maximum absolute atomic E-state index is 5.58. The zero-order valence-electron chi connectivity index (χ0n) is 11.9. The van der Waals surface area contributed by atoms with Gasteiger partial charge in [0, 0.05) is 29.5 Å². The minimum absolute atomic E-state index is 0.0581. The summed E-state index contributed by atoms with van der Waals surface area (Å²) >= 11 is 3.78. The number of nitrogens with one attached hydrogen (secondary N) is 1. The van der Waals surface area contributed by atoms with Crippen LogP contribution >= 0.6 is 23.1 Å². The molecule has 1 saturated heterocycles. The Balaban J connectivity index is 1.61. The summed E-state index contributed by atoms with van der Waals surface area (Å²) in [6.45, 7) is 2.05. The average Bonchev–Trinajstić information content (AvgIpc) is 3.16. The van der Waals surface area contributed by atoms with Crippen LogP contribution in [0, 0.1) is 0 Å². The SMILES string of the molecule is CN1CCSCC1c1noc(C2NCCc3sccc32)n1. The number of aromatic nitrogens is 2. The number of hydrogen-bond donors (Lipinski definition) is 1. The van der Waals surface area contributed by atoms with Crippen LogP contribution in [0.5, 0.6) is 0 Å². The van der Waals surface area contributed by atoms with Crippen LogP contribution in [-0.4, -0.2) is 46.7 Å². The van der Waals surface area contributed by atoms with Gasteiger partial charge in [-0.25, -0.2) is 0 Å². The van der Waals surface area contributed by atoms with Crippen molar-refractivity contribution in [1.82, 2.24) is 20.4 Å². The van der Waals surface area contributed by atoms with E-state index in [0.29, 0.717) is 5.89 Å². The highest BCUT2D eigenvalue weighted by Crippen LogP contribution is 2.33. The first-order valence-electron chi connectivity index (χ1n) is 7.24. The fraction of sp³-hybridized carbons (Fsp3) is 0.571. The highest BCUT2D eigenvalue weighted by Gasteiger charge is 2.30. The first-order valence-corrected chi connectivity index (χ1v) is 9.27. The molecule has 4 rings (SSSR count). The molecular formula is C14H18N4OS2. The van der Waals surface area contributed by atoms with Gasteiger partial charge < -0.3 is 9.84 Å². The molecule has 2 aliphatic rings. The highest BCUT2D eigenvalue weighted by atomic mass is 32.2. The van der Waals surface area contributed by atoms with Gasteiger partial charge in [-0.15, -0.1) is 11.3 Å². The van der Waals surface area contributed by atoms with Gasteiger partial charge >= 0.3 is 0 Å². The van der Waals surface area contributed by atoms with Crippen LogP contribution in [0.1, 0.15) is 34.2 Å². The smallest absolute Gasteiger partial charge is 0.248 e. The van der Waals surface area contributed by atoms with Crippen LogP contribution in [0.4, 0.5) is 0 Å². The minimum atomic E-state index is 0.0581. The van der Waals surface area contributed by atoms with Gasteiger partial charge in [0.25, 0.3) is 0 Å². The molecule has 0 spiro atoms. The van der Waals surface area contributed by atoms with E-state index in [9.17, 15) is 0 Å². The van der Waals surface area contributed by atoms with Gasteiger partial charge in [-0.1, -0.05) is 5.16 Å². The Morgan fingerprint density at radius 3 is 3.33 bits per heavy atom. The fourth-order valence-electron chi connectivity index (χ4n) is 2.93. The molecule has 5 nitrogen and oxygen atoms in total. The van der Waals surface area contributed by atoms with Crippen molar-refractivity contribution in [2.45, 2.75) is 18.5 Å². The van der Waals surface area contributed by atoms with E-state index in [0.717, 1.165) is 31.1 Å². The van der Waals surface area contributed by atoms with Crippen LogP contribution in [0.2, 0.25) is 0 Å². The molecule has 0 saturated carbocycles. The van der Waals surface area contributed by atoms with Gasteiger partial charge in [-0.3, -0.25) is 4.90 Å². The molecule has 21 heavy (non-hydrogen) atoms. The second kappa shape index (κ2) is 5.72. The van der Waals surface area contributed by atoms with Gasteiger partial charge in [0.15, 0.2) is 5.82 Å². The van der Waals surface area contributed by atoms with Gasteiger partial charge in [-0.2, -0.15) is 16.7 Å². The Labute approximate surface area is 132 Å². The van der Waals surface area contributed by atoms with Gasteiger partial charge in [0.1, 0.15) is 6.04 Å². The van der Waals surface area contributed by atoms with Crippen molar-refractivity contribution < 1.29 is 4.52 Å². The van der Waals surface area contributed by atoms with Crippen molar-refractivity contribution in [3.05, 3.63) is 33.6 Å². The summed E-state index contributed by atoms with van der Waals surface area (Å²) in [6.07, 6.45) is 1.09. The summed E-state index contributed by atoms with van der Waals surface area (Å²) in [7, 11) is 2.14. The Kier molecular flexibility index (Phi) is 3.74. The van der Waals surface area contributed by atoms with E-state index < -0.39 is 0 Å². The first-order chi connectivity index (χ1) is 10.3. The molecule has 1 fully saturated rings. The summed E-state index contributed by atoms with van der Waals surface area (Å²) in [5, 5.41) is 9.89. The molecule has 0 amide bonds. The van der Waals surface area contributed by atoms with E-state index in [2.05, 4.69) is 33.9 Å². The topological polar surface area (TPSA) is 54.2 Å². The monoisotopic (exact) mass is 322 g/mol. The summed E-state index contributed by atoms with van der Waals surface area (Å²) in [5.41, 5.74) is 1.30. The number of rotatable bonds is 2. The second-order valence-corrected chi connectivity index (χ2v) is 7.65. The van der Waals surface area contributed by atoms with Crippen LogP contribution in [0.25, 0.3) is 0 Å². The molecule has 112 valence electrons. The maximum atomic E-state index is 5.58. The number of thiophene rings is 1. The normalized spacial score (nSPS) is 26.7. The molecule has 2 atom stereocenters. The molecule has 4 heterocycles. The number of thioether (sulfide) groups is 1. The number of nitrogens with zero attached hydrogens (tertiary/aromatic N) is 3. The lowest BCUT2D eigenvalue weighted by Crippen LogP contribution is -2.33. The van der Waals surface area contributed by atoms with E-state index in [-0.39, 0.29) is 12.1 Å². The van der Waals surface area contributed by atoms with Crippen molar-refractivity contribution >= 4 is 23.1 Å². The van der Waals surface area contributed by atoms with Crippen molar-refractivity contribution in [1.29, 1.82) is 0 Å². The zero-order chi connectivity index (χ0) is 14.2. The number of hydrogen-bond acceptors (Lipinski definition) is 7. The van der Waals surface area contributed by atoms with Crippen molar-refractivity contribution in [2.24, 2.45) is 0 Å². The van der Waals surface area contributed by atoms with Crippen molar-refractivity contribution in [3.8, 4) is 0 Å². The Morgan fingerprint density at radius 1 is 1.48 bits per heavy atom. The molecule has 2 aliphatic heterocycles. The summed E-state index contributed by atoms with van der Waals surface area (Å²) in [5.74, 6) is 3.74. The maximum Gasteiger partial charge on any atom is 0.248 e. The largest absolute Gasteiger partial charge is 0.337 e. The second-order valence-electron chi connectivity index (χ2n) is 5.50. The highest BCUT2D eigenvalue weighted by molar-refractivity contribution is 7.99. The summed E-state index contributed by atoms with van der Waals surface area (Å²) in [6, 6.07) is 2.50. The molecular weight excluding hydrogens is 304 g/mol. The third kappa shape index (κ3) is 2.52. The average molecular weight is 322 g/mol. The molecule has 0 radical (unpaired) electrons. The van der Waals surface area contributed by atoms with E-state index in [1.165, 1.54) is 16.2 Å². The third-order valence-electron chi connectivity index (χ3n) is 4.19. The summed E-state index contributed by atoms with van der Waals surface area (Å²) < 4.78 is 5.58. The fourth-order valence-corrected chi connectivity index (χ4v) is 5.06. The zero-order valence-corrected chi connectivity index (χ0v) is 13.5. The van der Waals surface area contributed by atoms with Gasteiger partial charge in [-0.05, 0) is 30.5 Å². The van der Waals surface area contributed by atoms with Crippen LogP contribution < -0.4 is 5.32 Å². The third-order valence-corrected chi connectivity index (χ3v) is 6.21. The molecule has 1 N–H and O–H groups in total. The molecule has 0 aromatic carbocycles. The first kappa shape index (κ1) is 13.8. The standard InChI is InChI=1S/C14H18N4OS2/c1-18-5-7-20-8-10(18)13-16-14(19-17-13)12-9-3-6-21-11(9)2-4-15-12/h3,6,10,12,15H,2,4-5,7-8H2,1H3. The van der Waals surface area contributed by atoms with Crippen LogP contribution in [0.3, 0.4) is 0 Å². The van der Waals surface area contributed by atoms with Crippen molar-refractivity contribution in [3.63, 3.8) is 0 Å². The molecule has 2 aromatic rings. The lowest BCUT2D eigenvalue weighted by atomic mass is 10.0. The molecule has 2 aromatic heterocycles. The Morgan fingerprint density at radius 2 is 2.43 bits per heavy atom. The lowest BCUT2D eigenvalue weighted by Gasteiger charge is -2.29. The quantitative estimate of drug-likeness (QED) is 0.914. The molecule has 7 heteroatoms. The predicted molar refractivity (Wildman–Crippen MR) is 84.9 cm³/mol. The molecule has 0 aliphatic carbocycles. The van der Waals surface area contributed by atoms with E-state index in [1.54, 1.807) is 0 Å². The summed E-state index contributed by atoms with van der Waals surface area (Å²) in [4.78, 5) is 8.44. The van der Waals surface area contributed by atoms with E-state index >= 15 is 0 Å².